The number of aromatic amines is 1. The zero-order valence-corrected chi connectivity index (χ0v) is 18.9. The molecule has 0 atom stereocenters. The Morgan fingerprint density at radius 1 is 1.09 bits per heavy atom. The van der Waals surface area contributed by atoms with Crippen molar-refractivity contribution in [3.05, 3.63) is 105 Å². The average molecular weight is 478 g/mol. The van der Waals surface area contributed by atoms with Crippen LogP contribution in [0.1, 0.15) is 16.1 Å². The highest BCUT2D eigenvalue weighted by Crippen LogP contribution is 2.27. The standard InChI is InChI=1S/C25H23FN4O5/c1-34-14-13-29(24(32)20-12-11-19(35-20)17-9-5-6-10-18(17)26)21-22(27)30(25(33)28-23(21)31)15-16-7-3-2-4-8-16/h2-12H,13-15,27H2,1H3,(H,28,31,33). The van der Waals surface area contributed by atoms with Crippen LogP contribution in [0.2, 0.25) is 0 Å². The lowest BCUT2D eigenvalue weighted by Gasteiger charge is -2.23. The van der Waals surface area contributed by atoms with Crippen LogP contribution in [0.5, 0.6) is 0 Å². The number of nitrogen functional groups attached to an aromatic ring is 1. The van der Waals surface area contributed by atoms with Gasteiger partial charge in [0.05, 0.1) is 25.3 Å². The summed E-state index contributed by atoms with van der Waals surface area (Å²) in [6.45, 7) is 0.102. The number of nitrogens with zero attached hydrogens (tertiary/aromatic N) is 2. The number of benzene rings is 2. The second-order valence-electron chi connectivity index (χ2n) is 7.66. The Morgan fingerprint density at radius 2 is 1.80 bits per heavy atom. The monoisotopic (exact) mass is 478 g/mol. The molecule has 4 aromatic rings. The molecule has 0 bridgehead atoms. The van der Waals surface area contributed by atoms with Crippen molar-refractivity contribution in [1.82, 2.24) is 9.55 Å². The molecular weight excluding hydrogens is 455 g/mol. The van der Waals surface area contributed by atoms with E-state index in [0.717, 1.165) is 10.5 Å². The van der Waals surface area contributed by atoms with Crippen molar-refractivity contribution < 1.29 is 18.3 Å². The van der Waals surface area contributed by atoms with Crippen LogP contribution in [0.3, 0.4) is 0 Å². The minimum atomic E-state index is -0.831. The number of aromatic nitrogens is 2. The molecule has 4 rings (SSSR count). The van der Waals surface area contributed by atoms with Gasteiger partial charge in [0, 0.05) is 7.11 Å². The Hall–Kier alpha value is -4.44. The lowest BCUT2D eigenvalue weighted by Crippen LogP contribution is -2.42. The normalized spacial score (nSPS) is 10.9. The number of anilines is 2. The number of carbonyl (C=O) groups excluding carboxylic acids is 1. The molecule has 2 aromatic heterocycles. The Labute approximate surface area is 199 Å². The molecule has 9 nitrogen and oxygen atoms in total. The van der Waals surface area contributed by atoms with Gasteiger partial charge in [0.15, 0.2) is 11.4 Å². The number of rotatable bonds is 8. The molecule has 1 amide bonds. The van der Waals surface area contributed by atoms with E-state index in [4.69, 9.17) is 14.9 Å². The largest absolute Gasteiger partial charge is 0.451 e. The number of hydrogen-bond donors (Lipinski definition) is 2. The summed E-state index contributed by atoms with van der Waals surface area (Å²) in [5, 5.41) is 0. The van der Waals surface area contributed by atoms with E-state index in [1.165, 1.54) is 35.9 Å². The molecule has 2 heterocycles. The van der Waals surface area contributed by atoms with Gasteiger partial charge in [-0.05, 0) is 29.8 Å². The highest BCUT2D eigenvalue weighted by molar-refractivity contribution is 6.05. The van der Waals surface area contributed by atoms with Gasteiger partial charge in [0.1, 0.15) is 17.4 Å². The van der Waals surface area contributed by atoms with E-state index < -0.39 is 23.0 Å². The van der Waals surface area contributed by atoms with Gasteiger partial charge in [-0.25, -0.2) is 9.18 Å². The molecule has 10 heteroatoms. The molecule has 180 valence electrons. The van der Waals surface area contributed by atoms with Crippen molar-refractivity contribution >= 4 is 17.4 Å². The quantitative estimate of drug-likeness (QED) is 0.401. The molecule has 0 saturated carbocycles. The van der Waals surface area contributed by atoms with Crippen molar-refractivity contribution in [3.63, 3.8) is 0 Å². The fourth-order valence-electron chi connectivity index (χ4n) is 3.65. The third-order valence-electron chi connectivity index (χ3n) is 5.39. The molecule has 35 heavy (non-hydrogen) atoms. The Balaban J connectivity index is 1.76. The maximum atomic E-state index is 14.2. The van der Waals surface area contributed by atoms with Crippen LogP contribution < -0.4 is 21.9 Å². The Morgan fingerprint density at radius 3 is 2.51 bits per heavy atom. The zero-order chi connectivity index (χ0) is 24.9. The number of nitrogens with two attached hydrogens (primary N) is 1. The molecule has 0 aliphatic carbocycles. The van der Waals surface area contributed by atoms with Gasteiger partial charge in [0.2, 0.25) is 0 Å². The minimum absolute atomic E-state index is 0.0537. The van der Waals surface area contributed by atoms with Gasteiger partial charge in [-0.15, -0.1) is 0 Å². The van der Waals surface area contributed by atoms with Gasteiger partial charge in [-0.2, -0.15) is 0 Å². The number of H-pyrrole nitrogens is 1. The topological polar surface area (TPSA) is 124 Å². The smallest absolute Gasteiger partial charge is 0.330 e. The van der Waals surface area contributed by atoms with Crippen LogP contribution >= 0.6 is 0 Å². The first kappa shape index (κ1) is 23.7. The minimum Gasteiger partial charge on any atom is -0.451 e. The second-order valence-corrected chi connectivity index (χ2v) is 7.66. The van der Waals surface area contributed by atoms with Crippen molar-refractivity contribution in [3.8, 4) is 11.3 Å². The van der Waals surface area contributed by atoms with Gasteiger partial charge in [-0.3, -0.25) is 24.0 Å². The second kappa shape index (κ2) is 10.2. The van der Waals surface area contributed by atoms with Crippen LogP contribution in [-0.4, -0.2) is 35.7 Å². The SMILES string of the molecule is COCCN(C(=O)c1ccc(-c2ccccc2F)o1)c1c(N)n(Cc2ccccc2)c(=O)[nH]c1=O. The van der Waals surface area contributed by atoms with E-state index in [9.17, 15) is 18.8 Å². The molecule has 0 radical (unpaired) electrons. The zero-order valence-electron chi connectivity index (χ0n) is 18.9. The first-order chi connectivity index (χ1) is 16.9. The first-order valence-electron chi connectivity index (χ1n) is 10.7. The van der Waals surface area contributed by atoms with Crippen LogP contribution in [-0.2, 0) is 11.3 Å². The Kier molecular flexibility index (Phi) is 6.93. The molecular formula is C25H23FN4O5. The van der Waals surface area contributed by atoms with Crippen molar-refractivity contribution in [1.29, 1.82) is 0 Å². The third-order valence-corrected chi connectivity index (χ3v) is 5.39. The number of hydrogen-bond acceptors (Lipinski definition) is 6. The summed E-state index contributed by atoms with van der Waals surface area (Å²) in [6, 6.07) is 17.9. The van der Waals surface area contributed by atoms with Gasteiger partial charge >= 0.3 is 5.69 Å². The van der Waals surface area contributed by atoms with Crippen molar-refractivity contribution in [2.45, 2.75) is 6.54 Å². The first-order valence-corrected chi connectivity index (χ1v) is 10.7. The summed E-state index contributed by atoms with van der Waals surface area (Å²) in [5.41, 5.74) is 5.47. The molecule has 0 fully saturated rings. The van der Waals surface area contributed by atoms with E-state index >= 15 is 0 Å². The molecule has 0 saturated heterocycles. The lowest BCUT2D eigenvalue weighted by molar-refractivity contribution is 0.0949. The number of furan rings is 1. The third kappa shape index (κ3) is 4.92. The van der Waals surface area contributed by atoms with Crippen LogP contribution in [0.15, 0.2) is 80.7 Å². The lowest BCUT2D eigenvalue weighted by atomic mass is 10.1. The highest BCUT2D eigenvalue weighted by atomic mass is 19.1. The predicted octanol–water partition coefficient (Wildman–Crippen LogP) is 2.86. The number of halogens is 1. The average Bonchev–Trinajstić information content (AvgIpc) is 3.34. The maximum Gasteiger partial charge on any atom is 0.330 e. The molecule has 0 aliphatic rings. The summed E-state index contributed by atoms with van der Waals surface area (Å²) in [7, 11) is 1.44. The van der Waals surface area contributed by atoms with Crippen molar-refractivity contribution in [2.24, 2.45) is 0 Å². The summed E-state index contributed by atoms with van der Waals surface area (Å²) in [5.74, 6) is -1.39. The molecule has 3 N–H and O–H groups in total. The Bertz CT molecular complexity index is 1460. The van der Waals surface area contributed by atoms with E-state index in [1.807, 2.05) is 18.2 Å². The fraction of sp³-hybridized carbons (Fsp3) is 0.160. The van der Waals surface area contributed by atoms with Crippen LogP contribution in [0.4, 0.5) is 15.9 Å². The fourth-order valence-corrected chi connectivity index (χ4v) is 3.65. The number of nitrogens with one attached hydrogen (secondary N) is 1. The maximum absolute atomic E-state index is 14.2. The number of methoxy groups -OCH3 is 1. The number of carbonyl (C=O) groups is 1. The van der Waals surface area contributed by atoms with Crippen LogP contribution in [0, 0.1) is 5.82 Å². The summed E-state index contributed by atoms with van der Waals surface area (Å²) in [6.07, 6.45) is 0. The van der Waals surface area contributed by atoms with E-state index in [1.54, 1.807) is 24.3 Å². The number of ether oxygens (including phenoxy) is 1. The van der Waals surface area contributed by atoms with Crippen molar-refractivity contribution in [2.75, 3.05) is 30.9 Å². The summed E-state index contributed by atoms with van der Waals surface area (Å²) < 4.78 is 26.1. The molecule has 0 aliphatic heterocycles. The van der Waals surface area contributed by atoms with Gasteiger partial charge in [0.25, 0.3) is 11.5 Å². The van der Waals surface area contributed by atoms with Gasteiger partial charge < -0.3 is 14.9 Å². The molecule has 0 spiro atoms. The summed E-state index contributed by atoms with van der Waals surface area (Å²) in [4.78, 5) is 42.1. The number of amides is 1. The molecule has 0 unspecified atom stereocenters. The highest BCUT2D eigenvalue weighted by Gasteiger charge is 2.27. The summed E-state index contributed by atoms with van der Waals surface area (Å²) >= 11 is 0. The van der Waals surface area contributed by atoms with E-state index in [0.29, 0.717) is 0 Å². The van der Waals surface area contributed by atoms with E-state index in [-0.39, 0.29) is 48.3 Å². The van der Waals surface area contributed by atoms with Gasteiger partial charge in [-0.1, -0.05) is 42.5 Å². The predicted molar refractivity (Wildman–Crippen MR) is 129 cm³/mol. The van der Waals surface area contributed by atoms with E-state index in [2.05, 4.69) is 4.98 Å². The molecule has 2 aromatic carbocycles. The van der Waals surface area contributed by atoms with Crippen LogP contribution in [0.25, 0.3) is 11.3 Å².